The van der Waals surface area contributed by atoms with Gasteiger partial charge < -0.3 is 19.9 Å². The quantitative estimate of drug-likeness (QED) is 0.851. The monoisotopic (exact) mass is 385 g/mol. The molecule has 152 valence electrons. The fraction of sp³-hybridized carbons (Fsp3) is 0.636. The van der Waals surface area contributed by atoms with Crippen molar-refractivity contribution in [3.05, 3.63) is 29.3 Å². The van der Waals surface area contributed by atoms with Crippen LogP contribution in [0.15, 0.2) is 18.2 Å². The van der Waals surface area contributed by atoms with Gasteiger partial charge in [0.25, 0.3) is 0 Å². The van der Waals surface area contributed by atoms with E-state index >= 15 is 0 Å². The van der Waals surface area contributed by atoms with Gasteiger partial charge in [0.1, 0.15) is 17.9 Å². The van der Waals surface area contributed by atoms with Gasteiger partial charge in [0.2, 0.25) is 5.91 Å². The van der Waals surface area contributed by atoms with Gasteiger partial charge in [0.15, 0.2) is 5.78 Å². The van der Waals surface area contributed by atoms with E-state index in [0.717, 1.165) is 44.9 Å². The second-order valence-electron chi connectivity index (χ2n) is 8.86. The van der Waals surface area contributed by atoms with E-state index in [4.69, 9.17) is 4.74 Å². The lowest BCUT2D eigenvalue weighted by molar-refractivity contribution is -0.133. The van der Waals surface area contributed by atoms with Crippen LogP contribution >= 0.6 is 0 Å². The SMILES string of the molecule is Cc1ccc2c(c1)[C@]1(C)CCC(=O)[C@@H](NC(=O)CCN3CCN(C)CC3)[C@H]1O2. The molecule has 1 saturated carbocycles. The molecule has 0 aromatic heterocycles. The van der Waals surface area contributed by atoms with Crippen LogP contribution in [-0.2, 0) is 15.0 Å². The van der Waals surface area contributed by atoms with E-state index in [1.807, 2.05) is 12.1 Å². The summed E-state index contributed by atoms with van der Waals surface area (Å²) in [6.07, 6.45) is 1.34. The Morgan fingerprint density at radius 2 is 2.04 bits per heavy atom. The third-order valence-electron chi connectivity index (χ3n) is 6.74. The number of benzene rings is 1. The van der Waals surface area contributed by atoms with Crippen molar-refractivity contribution in [3.8, 4) is 5.75 Å². The molecule has 3 aliphatic rings. The topological polar surface area (TPSA) is 61.9 Å². The molecule has 1 N–H and O–H groups in total. The minimum absolute atomic E-state index is 0.0581. The summed E-state index contributed by atoms with van der Waals surface area (Å²) in [7, 11) is 2.12. The third kappa shape index (κ3) is 3.55. The Morgan fingerprint density at radius 1 is 1.29 bits per heavy atom. The van der Waals surface area contributed by atoms with E-state index in [1.54, 1.807) is 0 Å². The summed E-state index contributed by atoms with van der Waals surface area (Å²) in [6.45, 7) is 9.03. The maximum Gasteiger partial charge on any atom is 0.221 e. The fourth-order valence-corrected chi connectivity index (χ4v) is 4.77. The Bertz CT molecular complexity index is 772. The lowest BCUT2D eigenvalue weighted by Crippen LogP contribution is -2.59. The summed E-state index contributed by atoms with van der Waals surface area (Å²) in [6, 6.07) is 5.62. The highest BCUT2D eigenvalue weighted by molar-refractivity contribution is 5.91. The van der Waals surface area contributed by atoms with E-state index in [-0.39, 0.29) is 23.2 Å². The summed E-state index contributed by atoms with van der Waals surface area (Å²) in [5.74, 6) is 0.877. The van der Waals surface area contributed by atoms with Crippen molar-refractivity contribution in [1.29, 1.82) is 0 Å². The molecule has 1 amide bonds. The second-order valence-corrected chi connectivity index (χ2v) is 8.86. The van der Waals surface area contributed by atoms with Crippen molar-refractivity contribution < 1.29 is 14.3 Å². The number of carbonyl (C=O) groups is 2. The van der Waals surface area contributed by atoms with Gasteiger partial charge in [-0.3, -0.25) is 9.59 Å². The number of fused-ring (bicyclic) bond motifs is 3. The third-order valence-corrected chi connectivity index (χ3v) is 6.74. The second kappa shape index (κ2) is 7.48. The predicted octanol–water partition coefficient (Wildman–Crippen LogP) is 1.50. The molecule has 2 fully saturated rings. The first kappa shape index (κ1) is 19.4. The van der Waals surface area contributed by atoms with Crippen LogP contribution in [0.3, 0.4) is 0 Å². The fourth-order valence-electron chi connectivity index (χ4n) is 4.77. The van der Waals surface area contributed by atoms with Crippen LogP contribution < -0.4 is 10.1 Å². The molecule has 1 aromatic carbocycles. The van der Waals surface area contributed by atoms with E-state index in [9.17, 15) is 9.59 Å². The van der Waals surface area contributed by atoms with Crippen molar-refractivity contribution >= 4 is 11.7 Å². The highest BCUT2D eigenvalue weighted by Crippen LogP contribution is 2.49. The number of Topliss-reactive ketones (excluding diaryl/α,β-unsaturated/α-hetero) is 1. The lowest BCUT2D eigenvalue weighted by Gasteiger charge is -2.39. The molecular formula is C22H31N3O3. The normalized spacial score (nSPS) is 30.5. The van der Waals surface area contributed by atoms with E-state index in [2.05, 4.69) is 42.1 Å². The molecular weight excluding hydrogens is 354 g/mol. The largest absolute Gasteiger partial charge is 0.487 e. The first-order valence-corrected chi connectivity index (χ1v) is 10.4. The van der Waals surface area contributed by atoms with Gasteiger partial charge >= 0.3 is 0 Å². The number of piperazine rings is 1. The van der Waals surface area contributed by atoms with E-state index < -0.39 is 6.04 Å². The molecule has 6 heteroatoms. The summed E-state index contributed by atoms with van der Waals surface area (Å²) < 4.78 is 6.21. The summed E-state index contributed by atoms with van der Waals surface area (Å²) in [5, 5.41) is 3.01. The number of rotatable bonds is 4. The number of nitrogens with zero attached hydrogens (tertiary/aromatic N) is 2. The van der Waals surface area contributed by atoms with Gasteiger partial charge in [-0.25, -0.2) is 0 Å². The lowest BCUT2D eigenvalue weighted by atomic mass is 9.67. The van der Waals surface area contributed by atoms with Crippen LogP contribution in [0.1, 0.15) is 37.3 Å². The molecule has 4 rings (SSSR count). The zero-order valence-corrected chi connectivity index (χ0v) is 17.2. The number of ketones is 1. The summed E-state index contributed by atoms with van der Waals surface area (Å²) in [5.41, 5.74) is 2.13. The number of aryl methyl sites for hydroxylation is 1. The number of hydrogen-bond donors (Lipinski definition) is 1. The van der Waals surface area contributed by atoms with Crippen molar-refractivity contribution in [2.24, 2.45) is 0 Å². The average Bonchev–Trinajstić information content (AvgIpc) is 2.97. The van der Waals surface area contributed by atoms with Crippen LogP contribution in [0.25, 0.3) is 0 Å². The van der Waals surface area contributed by atoms with Crippen LogP contribution in [0.5, 0.6) is 5.75 Å². The maximum atomic E-state index is 12.7. The van der Waals surface area contributed by atoms with Gasteiger partial charge in [-0.2, -0.15) is 0 Å². The number of likely N-dealkylation sites (N-methyl/N-ethyl adjacent to an activating group) is 1. The van der Waals surface area contributed by atoms with Gasteiger partial charge in [0.05, 0.1) is 0 Å². The maximum absolute atomic E-state index is 12.7. The predicted molar refractivity (Wildman–Crippen MR) is 108 cm³/mol. The van der Waals surface area contributed by atoms with Crippen LogP contribution in [0.4, 0.5) is 0 Å². The summed E-state index contributed by atoms with van der Waals surface area (Å²) in [4.78, 5) is 29.9. The molecule has 3 atom stereocenters. The Kier molecular flexibility index (Phi) is 5.19. The van der Waals surface area contributed by atoms with Gasteiger partial charge in [0, 0.05) is 56.5 Å². The van der Waals surface area contributed by atoms with Crippen molar-refractivity contribution in [2.75, 3.05) is 39.8 Å². The van der Waals surface area contributed by atoms with Crippen LogP contribution in [0, 0.1) is 6.92 Å². The van der Waals surface area contributed by atoms with Crippen LogP contribution in [0.2, 0.25) is 0 Å². The number of hydrogen-bond acceptors (Lipinski definition) is 5. The molecule has 1 saturated heterocycles. The minimum Gasteiger partial charge on any atom is -0.487 e. The minimum atomic E-state index is -0.563. The molecule has 1 aromatic rings. The van der Waals surface area contributed by atoms with Gasteiger partial charge in [-0.15, -0.1) is 0 Å². The Balaban J connectivity index is 1.41. The first-order chi connectivity index (χ1) is 13.4. The first-order valence-electron chi connectivity index (χ1n) is 10.4. The average molecular weight is 386 g/mol. The summed E-state index contributed by atoms with van der Waals surface area (Å²) >= 11 is 0. The number of nitrogens with one attached hydrogen (secondary N) is 1. The Hall–Kier alpha value is -1.92. The molecule has 1 aliphatic carbocycles. The molecule has 0 bridgehead atoms. The number of ether oxygens (including phenoxy) is 1. The number of carbonyl (C=O) groups excluding carboxylic acids is 2. The van der Waals surface area contributed by atoms with Crippen LogP contribution in [-0.4, -0.2) is 73.4 Å². The molecule has 28 heavy (non-hydrogen) atoms. The highest BCUT2D eigenvalue weighted by atomic mass is 16.5. The van der Waals surface area contributed by atoms with Crippen molar-refractivity contribution in [1.82, 2.24) is 15.1 Å². The standard InChI is InChI=1S/C22H31N3O3/c1-15-4-5-18-16(14-15)22(2)8-6-17(26)20(21(22)28-18)23-19(27)7-9-25-12-10-24(3)11-13-25/h4-5,14,20-21H,6-13H2,1-3H3,(H,23,27)/t20-,21-,22+/m1/s1. The molecule has 0 unspecified atom stereocenters. The van der Waals surface area contributed by atoms with E-state index in [0.29, 0.717) is 12.8 Å². The van der Waals surface area contributed by atoms with Crippen molar-refractivity contribution in [2.45, 2.75) is 50.7 Å². The zero-order valence-electron chi connectivity index (χ0n) is 17.2. The van der Waals surface area contributed by atoms with Gasteiger partial charge in [-0.05, 0) is 26.5 Å². The molecule has 0 spiro atoms. The Morgan fingerprint density at radius 3 is 2.79 bits per heavy atom. The Labute approximate surface area is 167 Å². The zero-order chi connectivity index (χ0) is 19.9. The molecule has 2 aliphatic heterocycles. The highest BCUT2D eigenvalue weighted by Gasteiger charge is 2.54. The van der Waals surface area contributed by atoms with Crippen molar-refractivity contribution in [3.63, 3.8) is 0 Å². The number of amides is 1. The van der Waals surface area contributed by atoms with E-state index in [1.165, 1.54) is 11.1 Å². The molecule has 0 radical (unpaired) electrons. The molecule has 2 heterocycles. The molecule has 6 nitrogen and oxygen atoms in total. The smallest absolute Gasteiger partial charge is 0.221 e. The van der Waals surface area contributed by atoms with Gasteiger partial charge in [-0.1, -0.05) is 24.6 Å².